The number of hydrogen-bond donors (Lipinski definition) is 3. The molecule has 23 heavy (non-hydrogen) atoms. The van der Waals surface area contributed by atoms with E-state index in [1.165, 1.54) is 0 Å². The van der Waals surface area contributed by atoms with E-state index in [-0.39, 0.29) is 12.3 Å². The van der Waals surface area contributed by atoms with Gasteiger partial charge in [-0.05, 0) is 11.6 Å². The van der Waals surface area contributed by atoms with E-state index in [2.05, 4.69) is 20.7 Å². The molecule has 7 nitrogen and oxygen atoms in total. The lowest BCUT2D eigenvalue weighted by Gasteiger charge is -2.24. The Balaban J connectivity index is 1.81. The van der Waals surface area contributed by atoms with Crippen LogP contribution in [0.2, 0.25) is 0 Å². The first-order valence-corrected chi connectivity index (χ1v) is 6.54. The maximum Gasteiger partial charge on any atom is 0.451 e. The second-order valence-electron chi connectivity index (χ2n) is 4.89. The number of para-hydroxylation sites is 1. The van der Waals surface area contributed by atoms with Gasteiger partial charge in [-0.2, -0.15) is 18.2 Å². The van der Waals surface area contributed by atoms with Crippen LogP contribution in [0.15, 0.2) is 24.3 Å². The molecular weight excluding hydrogens is 315 g/mol. The molecule has 2 amide bonds. The number of anilines is 2. The molecular formula is C13H10F3N5O2. The van der Waals surface area contributed by atoms with Crippen LogP contribution in [-0.2, 0) is 15.8 Å². The van der Waals surface area contributed by atoms with Crippen molar-refractivity contribution >= 4 is 23.5 Å². The van der Waals surface area contributed by atoms with E-state index in [0.717, 1.165) is 0 Å². The predicted molar refractivity (Wildman–Crippen MR) is 72.4 cm³/mol. The summed E-state index contributed by atoms with van der Waals surface area (Å²) in [6.07, 6.45) is -4.80. The number of rotatable bonds is 2. The fourth-order valence-electron chi connectivity index (χ4n) is 2.29. The molecule has 120 valence electrons. The van der Waals surface area contributed by atoms with Crippen molar-refractivity contribution < 1.29 is 22.8 Å². The molecule has 1 aliphatic heterocycles. The summed E-state index contributed by atoms with van der Waals surface area (Å²) in [6.45, 7) is 0. The Labute approximate surface area is 127 Å². The van der Waals surface area contributed by atoms with Crippen LogP contribution in [0.1, 0.15) is 23.7 Å². The van der Waals surface area contributed by atoms with Crippen molar-refractivity contribution in [2.45, 2.75) is 18.5 Å². The van der Waals surface area contributed by atoms with E-state index >= 15 is 0 Å². The number of aromatic nitrogens is 3. The van der Waals surface area contributed by atoms with E-state index in [9.17, 15) is 22.8 Å². The third kappa shape index (κ3) is 3.00. The third-order valence-electron chi connectivity index (χ3n) is 3.31. The summed E-state index contributed by atoms with van der Waals surface area (Å²) < 4.78 is 37.3. The maximum absolute atomic E-state index is 12.4. The van der Waals surface area contributed by atoms with Gasteiger partial charge in [-0.1, -0.05) is 18.2 Å². The van der Waals surface area contributed by atoms with E-state index in [1.54, 1.807) is 29.4 Å². The van der Waals surface area contributed by atoms with E-state index in [0.29, 0.717) is 11.3 Å². The van der Waals surface area contributed by atoms with Gasteiger partial charge >= 0.3 is 6.18 Å². The number of fused-ring (bicyclic) bond motifs is 1. The zero-order chi connectivity index (χ0) is 16.6. The number of nitrogens with one attached hydrogen (secondary N) is 3. The number of aromatic amines is 1. The van der Waals surface area contributed by atoms with Gasteiger partial charge in [0.15, 0.2) is 0 Å². The number of carbonyl (C=O) groups is 2. The highest BCUT2D eigenvalue weighted by Gasteiger charge is 2.36. The molecule has 2 heterocycles. The van der Waals surface area contributed by atoms with Crippen LogP contribution in [0.4, 0.5) is 24.8 Å². The van der Waals surface area contributed by atoms with Gasteiger partial charge in [-0.25, -0.2) is 0 Å². The lowest BCUT2D eigenvalue weighted by molar-refractivity contribution is -0.144. The van der Waals surface area contributed by atoms with Crippen molar-refractivity contribution in [3.63, 3.8) is 0 Å². The standard InChI is InChI=1S/C13H10F3N5O2/c14-13(15,16)11-19-12(21-20-11)18-10(23)7-5-9(22)17-8-4-2-1-3-6(7)8/h1-4,7H,5H2,(H,17,22)(H2,18,19,20,21,23). The average Bonchev–Trinajstić information content (AvgIpc) is 2.95. The highest BCUT2D eigenvalue weighted by atomic mass is 19.4. The van der Waals surface area contributed by atoms with Gasteiger partial charge in [0, 0.05) is 12.1 Å². The first-order chi connectivity index (χ1) is 10.8. The summed E-state index contributed by atoms with van der Waals surface area (Å²) in [7, 11) is 0. The highest BCUT2D eigenvalue weighted by molar-refractivity contribution is 6.04. The second-order valence-corrected chi connectivity index (χ2v) is 4.89. The minimum atomic E-state index is -4.69. The average molecular weight is 325 g/mol. The maximum atomic E-state index is 12.4. The lowest BCUT2D eigenvalue weighted by Crippen LogP contribution is -2.31. The van der Waals surface area contributed by atoms with Crippen LogP contribution in [0.25, 0.3) is 0 Å². The monoisotopic (exact) mass is 325 g/mol. The van der Waals surface area contributed by atoms with E-state index < -0.39 is 29.8 Å². The molecule has 3 rings (SSSR count). The minimum absolute atomic E-state index is 0.112. The molecule has 3 N–H and O–H groups in total. The number of H-pyrrole nitrogens is 1. The molecule has 1 aliphatic rings. The van der Waals surface area contributed by atoms with E-state index in [1.807, 2.05) is 0 Å². The van der Waals surface area contributed by atoms with E-state index in [4.69, 9.17) is 0 Å². The number of halogens is 3. The lowest BCUT2D eigenvalue weighted by atomic mass is 9.90. The van der Waals surface area contributed by atoms with Crippen molar-refractivity contribution in [1.82, 2.24) is 15.2 Å². The number of amides is 2. The summed E-state index contributed by atoms with van der Waals surface area (Å²) in [4.78, 5) is 27.1. The number of hydrogen-bond acceptors (Lipinski definition) is 4. The van der Waals surface area contributed by atoms with Crippen molar-refractivity contribution in [2.24, 2.45) is 0 Å². The topological polar surface area (TPSA) is 99.8 Å². The third-order valence-corrected chi connectivity index (χ3v) is 3.31. The Morgan fingerprint density at radius 1 is 1.30 bits per heavy atom. The zero-order valence-electron chi connectivity index (χ0n) is 11.4. The Morgan fingerprint density at radius 3 is 2.74 bits per heavy atom. The molecule has 2 aromatic rings. The van der Waals surface area contributed by atoms with Crippen LogP contribution < -0.4 is 10.6 Å². The fraction of sp³-hybridized carbons (Fsp3) is 0.231. The summed E-state index contributed by atoms with van der Waals surface area (Å²) in [5, 5.41) is 9.83. The first kappa shape index (κ1) is 15.0. The van der Waals surface area contributed by atoms with Gasteiger partial charge < -0.3 is 5.32 Å². The van der Waals surface area contributed by atoms with Crippen LogP contribution in [-0.4, -0.2) is 27.0 Å². The van der Waals surface area contributed by atoms with Gasteiger partial charge in [0.1, 0.15) is 0 Å². The van der Waals surface area contributed by atoms with Crippen LogP contribution in [0.5, 0.6) is 0 Å². The molecule has 0 spiro atoms. The molecule has 0 saturated carbocycles. The molecule has 1 aromatic heterocycles. The summed E-state index contributed by atoms with van der Waals surface area (Å²) in [6, 6.07) is 6.70. The van der Waals surface area contributed by atoms with Crippen LogP contribution in [0.3, 0.4) is 0 Å². The molecule has 1 atom stereocenters. The molecule has 0 aliphatic carbocycles. The Bertz CT molecular complexity index is 771. The Kier molecular flexibility index (Phi) is 3.51. The Morgan fingerprint density at radius 2 is 2.04 bits per heavy atom. The number of carbonyl (C=O) groups excluding carboxylic acids is 2. The summed E-state index contributed by atoms with van der Waals surface area (Å²) in [5.41, 5.74) is 1.08. The normalized spacial score (nSPS) is 17.3. The van der Waals surface area contributed by atoms with Gasteiger partial charge in [0.25, 0.3) is 0 Å². The summed E-state index contributed by atoms with van der Waals surface area (Å²) >= 11 is 0. The predicted octanol–water partition coefficient (Wildman–Crippen LogP) is 1.89. The van der Waals surface area contributed by atoms with Crippen LogP contribution >= 0.6 is 0 Å². The van der Waals surface area contributed by atoms with Gasteiger partial charge in [-0.3, -0.25) is 20.0 Å². The fourth-order valence-corrected chi connectivity index (χ4v) is 2.29. The molecule has 0 radical (unpaired) electrons. The summed E-state index contributed by atoms with van der Waals surface area (Å²) in [5.74, 6) is -3.64. The molecule has 1 aromatic carbocycles. The largest absolute Gasteiger partial charge is 0.451 e. The number of benzene rings is 1. The quantitative estimate of drug-likeness (QED) is 0.785. The van der Waals surface area contributed by atoms with Crippen molar-refractivity contribution in [3.8, 4) is 0 Å². The molecule has 10 heteroatoms. The van der Waals surface area contributed by atoms with Crippen molar-refractivity contribution in [2.75, 3.05) is 10.6 Å². The second kappa shape index (κ2) is 5.38. The SMILES string of the molecule is O=C1CC(C(=O)Nc2n[nH]c(C(F)(F)F)n2)c2ccccc2N1. The molecule has 0 saturated heterocycles. The van der Waals surface area contributed by atoms with Crippen molar-refractivity contribution in [3.05, 3.63) is 35.7 Å². The smallest absolute Gasteiger partial charge is 0.326 e. The first-order valence-electron chi connectivity index (χ1n) is 6.54. The van der Waals surface area contributed by atoms with Gasteiger partial charge in [0.05, 0.1) is 5.92 Å². The van der Waals surface area contributed by atoms with Crippen molar-refractivity contribution in [1.29, 1.82) is 0 Å². The van der Waals surface area contributed by atoms with Crippen LogP contribution in [0, 0.1) is 0 Å². The molecule has 1 unspecified atom stereocenters. The van der Waals surface area contributed by atoms with Gasteiger partial charge in [-0.15, -0.1) is 5.10 Å². The zero-order valence-corrected chi connectivity index (χ0v) is 11.4. The molecule has 0 bridgehead atoms. The minimum Gasteiger partial charge on any atom is -0.326 e. The van der Waals surface area contributed by atoms with Gasteiger partial charge in [0.2, 0.25) is 23.6 Å². The molecule has 0 fully saturated rings. The number of nitrogens with zero attached hydrogens (tertiary/aromatic N) is 2. The highest BCUT2D eigenvalue weighted by Crippen LogP contribution is 2.33. The number of alkyl halides is 3. The Hall–Kier alpha value is -2.91.